The molecular formula is C24H18FN7O2S. The maximum Gasteiger partial charge on any atom is 0.265 e. The van der Waals surface area contributed by atoms with Crippen LogP contribution in [0.2, 0.25) is 0 Å². The van der Waals surface area contributed by atoms with Crippen molar-refractivity contribution >= 4 is 35.2 Å². The van der Waals surface area contributed by atoms with Gasteiger partial charge in [0.1, 0.15) is 11.4 Å². The SMILES string of the molecule is O=C1NC(=S)N(CCc2ccc(F)cc2)C(=O)/C1=C/c1ccc(-c2ccc(-c3nnn[nH]3)cc2)[nH]1. The maximum absolute atomic E-state index is 13.1. The Hall–Kier alpha value is -4.51. The van der Waals surface area contributed by atoms with E-state index >= 15 is 0 Å². The third-order valence-corrected chi connectivity index (χ3v) is 5.87. The fourth-order valence-corrected chi connectivity index (χ4v) is 3.97. The highest BCUT2D eigenvalue weighted by Gasteiger charge is 2.33. The molecule has 174 valence electrons. The van der Waals surface area contributed by atoms with E-state index in [-0.39, 0.29) is 23.0 Å². The molecule has 35 heavy (non-hydrogen) atoms. The Labute approximate surface area is 204 Å². The van der Waals surface area contributed by atoms with Gasteiger partial charge < -0.3 is 4.98 Å². The molecule has 2 aromatic carbocycles. The zero-order valence-electron chi connectivity index (χ0n) is 18.2. The van der Waals surface area contributed by atoms with Gasteiger partial charge in [0, 0.05) is 23.5 Å². The van der Waals surface area contributed by atoms with Gasteiger partial charge >= 0.3 is 0 Å². The summed E-state index contributed by atoms with van der Waals surface area (Å²) in [6.07, 6.45) is 1.96. The fourth-order valence-electron chi connectivity index (χ4n) is 3.70. The van der Waals surface area contributed by atoms with Gasteiger partial charge in [0.25, 0.3) is 11.8 Å². The monoisotopic (exact) mass is 487 g/mol. The van der Waals surface area contributed by atoms with Crippen LogP contribution in [0.1, 0.15) is 11.3 Å². The van der Waals surface area contributed by atoms with E-state index in [4.69, 9.17) is 12.2 Å². The molecule has 1 aliphatic rings. The number of hydrogen-bond donors (Lipinski definition) is 3. The van der Waals surface area contributed by atoms with E-state index in [9.17, 15) is 14.0 Å². The van der Waals surface area contributed by atoms with Crippen molar-refractivity contribution in [2.75, 3.05) is 6.54 Å². The molecule has 1 saturated heterocycles. The molecule has 4 aromatic rings. The van der Waals surface area contributed by atoms with E-state index < -0.39 is 11.8 Å². The van der Waals surface area contributed by atoms with Crippen molar-refractivity contribution in [1.82, 2.24) is 35.8 Å². The number of rotatable bonds is 6. The molecule has 0 atom stereocenters. The minimum absolute atomic E-state index is 0.0285. The standard InChI is InChI=1S/C24H18FN7O2S/c25-17-7-1-14(2-8-17)11-12-32-23(34)19(22(33)27-24(32)35)13-18-9-10-20(26-18)15-3-5-16(6-4-15)21-28-30-31-29-21/h1-10,13,26H,11-12H2,(H,27,33,35)(H,28,29,30,31)/b19-13+. The van der Waals surface area contributed by atoms with E-state index in [0.29, 0.717) is 17.9 Å². The first-order valence-corrected chi connectivity index (χ1v) is 11.1. The highest BCUT2D eigenvalue weighted by Crippen LogP contribution is 2.23. The lowest BCUT2D eigenvalue weighted by Crippen LogP contribution is -2.54. The van der Waals surface area contributed by atoms with Crippen molar-refractivity contribution < 1.29 is 14.0 Å². The van der Waals surface area contributed by atoms with E-state index in [1.54, 1.807) is 18.2 Å². The lowest BCUT2D eigenvalue weighted by atomic mass is 10.1. The van der Waals surface area contributed by atoms with Crippen LogP contribution in [-0.2, 0) is 16.0 Å². The number of amides is 2. The second-order valence-corrected chi connectivity index (χ2v) is 8.19. The number of H-pyrrole nitrogens is 2. The molecule has 2 aromatic heterocycles. The predicted molar refractivity (Wildman–Crippen MR) is 130 cm³/mol. The second-order valence-electron chi connectivity index (χ2n) is 7.81. The van der Waals surface area contributed by atoms with E-state index in [1.807, 2.05) is 30.3 Å². The topological polar surface area (TPSA) is 120 Å². The summed E-state index contributed by atoms with van der Waals surface area (Å²) >= 11 is 5.21. The van der Waals surface area contributed by atoms with Crippen LogP contribution < -0.4 is 5.32 Å². The molecule has 3 N–H and O–H groups in total. The molecule has 5 rings (SSSR count). The Kier molecular flexibility index (Phi) is 5.98. The normalized spacial score (nSPS) is 15.1. The van der Waals surface area contributed by atoms with Crippen molar-refractivity contribution in [2.45, 2.75) is 6.42 Å². The van der Waals surface area contributed by atoms with Gasteiger partial charge in [-0.1, -0.05) is 36.4 Å². The third-order valence-electron chi connectivity index (χ3n) is 5.55. The Morgan fingerprint density at radius 1 is 0.971 bits per heavy atom. The molecule has 0 saturated carbocycles. The van der Waals surface area contributed by atoms with Crippen molar-refractivity contribution in [1.29, 1.82) is 0 Å². The first-order valence-electron chi connectivity index (χ1n) is 10.6. The lowest BCUT2D eigenvalue weighted by molar-refractivity contribution is -0.128. The van der Waals surface area contributed by atoms with Gasteiger partial charge in [-0.3, -0.25) is 19.8 Å². The lowest BCUT2D eigenvalue weighted by Gasteiger charge is -2.28. The number of aromatic amines is 2. The maximum atomic E-state index is 13.1. The van der Waals surface area contributed by atoms with Gasteiger partial charge in [-0.25, -0.2) is 9.49 Å². The minimum Gasteiger partial charge on any atom is -0.355 e. The molecule has 9 nitrogen and oxygen atoms in total. The number of thiocarbonyl (C=S) groups is 1. The summed E-state index contributed by atoms with van der Waals surface area (Å²) in [6, 6.07) is 17.3. The summed E-state index contributed by atoms with van der Waals surface area (Å²) in [5.74, 6) is -0.803. The van der Waals surface area contributed by atoms with Crippen LogP contribution in [0.3, 0.4) is 0 Å². The molecule has 1 aliphatic heterocycles. The molecule has 2 amide bonds. The summed E-state index contributed by atoms with van der Waals surface area (Å²) in [5, 5.41) is 16.4. The third kappa shape index (κ3) is 4.75. The fraction of sp³-hybridized carbons (Fsp3) is 0.0833. The Balaban J connectivity index is 1.32. The minimum atomic E-state index is -0.556. The number of nitrogens with one attached hydrogen (secondary N) is 3. The van der Waals surface area contributed by atoms with Crippen LogP contribution in [0.4, 0.5) is 4.39 Å². The van der Waals surface area contributed by atoms with Gasteiger partial charge in [-0.05, 0) is 70.5 Å². The number of carbonyl (C=O) groups excluding carboxylic acids is 2. The number of tetrazole rings is 1. The van der Waals surface area contributed by atoms with Gasteiger partial charge in [-0.2, -0.15) is 0 Å². The van der Waals surface area contributed by atoms with Gasteiger partial charge in [0.2, 0.25) is 0 Å². The number of carbonyl (C=O) groups is 2. The number of nitrogens with zero attached hydrogens (tertiary/aromatic N) is 4. The number of benzene rings is 2. The van der Waals surface area contributed by atoms with E-state index in [1.165, 1.54) is 23.1 Å². The van der Waals surface area contributed by atoms with Crippen LogP contribution in [-0.4, -0.2) is 54.0 Å². The van der Waals surface area contributed by atoms with Crippen LogP contribution in [0.15, 0.2) is 66.2 Å². The quantitative estimate of drug-likeness (QED) is 0.219. The number of hydrogen-bond acceptors (Lipinski definition) is 6. The molecule has 0 radical (unpaired) electrons. The average molecular weight is 488 g/mol. The summed E-state index contributed by atoms with van der Waals surface area (Å²) < 4.78 is 13.1. The first kappa shape index (κ1) is 22.3. The zero-order valence-corrected chi connectivity index (χ0v) is 19.0. The van der Waals surface area contributed by atoms with Crippen molar-refractivity contribution in [3.8, 4) is 22.6 Å². The zero-order chi connectivity index (χ0) is 24.4. The Morgan fingerprint density at radius 3 is 2.43 bits per heavy atom. The largest absolute Gasteiger partial charge is 0.355 e. The summed E-state index contributed by atoms with van der Waals surface area (Å²) in [4.78, 5) is 30.1. The highest BCUT2D eigenvalue weighted by molar-refractivity contribution is 7.80. The Morgan fingerprint density at radius 2 is 1.71 bits per heavy atom. The van der Waals surface area contributed by atoms with Crippen LogP contribution >= 0.6 is 12.2 Å². The average Bonchev–Trinajstić information content (AvgIpc) is 3.56. The van der Waals surface area contributed by atoms with Crippen LogP contribution in [0.5, 0.6) is 0 Å². The first-order chi connectivity index (χ1) is 17.0. The van der Waals surface area contributed by atoms with Gasteiger partial charge in [0.05, 0.1) is 0 Å². The van der Waals surface area contributed by atoms with E-state index in [0.717, 1.165) is 22.4 Å². The number of aromatic nitrogens is 5. The molecule has 0 spiro atoms. The summed E-state index contributed by atoms with van der Waals surface area (Å²) in [6.45, 7) is 0.254. The van der Waals surface area contributed by atoms with Crippen molar-refractivity contribution in [3.63, 3.8) is 0 Å². The van der Waals surface area contributed by atoms with Crippen LogP contribution in [0.25, 0.3) is 28.7 Å². The van der Waals surface area contributed by atoms with Gasteiger partial charge in [0.15, 0.2) is 10.9 Å². The predicted octanol–water partition coefficient (Wildman–Crippen LogP) is 2.87. The molecule has 0 bridgehead atoms. The molecular weight excluding hydrogens is 469 g/mol. The smallest absolute Gasteiger partial charge is 0.265 e. The highest BCUT2D eigenvalue weighted by atomic mass is 32.1. The van der Waals surface area contributed by atoms with Gasteiger partial charge in [-0.15, -0.1) is 5.10 Å². The molecule has 3 heterocycles. The summed E-state index contributed by atoms with van der Waals surface area (Å²) in [7, 11) is 0. The Bertz CT molecular complexity index is 1430. The van der Waals surface area contributed by atoms with Crippen molar-refractivity contribution in [2.24, 2.45) is 0 Å². The van der Waals surface area contributed by atoms with Crippen LogP contribution in [0, 0.1) is 5.82 Å². The molecule has 0 aliphatic carbocycles. The number of halogens is 1. The molecule has 1 fully saturated rings. The molecule has 0 unspecified atom stereocenters. The second kappa shape index (κ2) is 9.39. The van der Waals surface area contributed by atoms with Crippen molar-refractivity contribution in [3.05, 3.63) is 83.3 Å². The molecule has 11 heteroatoms. The van der Waals surface area contributed by atoms with E-state index in [2.05, 4.69) is 30.9 Å². The summed E-state index contributed by atoms with van der Waals surface area (Å²) in [5.41, 5.74) is 3.98.